The molecule has 5 aromatic rings. The van der Waals surface area contributed by atoms with E-state index in [0.29, 0.717) is 0 Å². The Labute approximate surface area is 167 Å². The largest absolute Gasteiger partial charge is 0.358 e. The van der Waals surface area contributed by atoms with Crippen molar-refractivity contribution in [2.45, 2.75) is 13.3 Å². The zero-order valence-electron chi connectivity index (χ0n) is 16.0. The van der Waals surface area contributed by atoms with Gasteiger partial charge in [-0.2, -0.15) is 5.10 Å². The van der Waals surface area contributed by atoms with Crippen molar-refractivity contribution in [3.05, 3.63) is 73.3 Å². The van der Waals surface area contributed by atoms with Crippen molar-refractivity contribution in [3.8, 4) is 22.5 Å². The lowest BCUT2D eigenvalue weighted by Gasteiger charge is -2.09. The first-order chi connectivity index (χ1) is 14.2. The van der Waals surface area contributed by atoms with E-state index in [9.17, 15) is 0 Å². The molecule has 29 heavy (non-hydrogen) atoms. The van der Waals surface area contributed by atoms with Gasteiger partial charge in [-0.1, -0.05) is 19.6 Å². The quantitative estimate of drug-likeness (QED) is 0.376. The molecule has 3 N–H and O–H groups in total. The molecule has 0 spiro atoms. The molecule has 0 aliphatic carbocycles. The lowest BCUT2D eigenvalue weighted by atomic mass is 10.0. The van der Waals surface area contributed by atoms with Crippen LogP contribution in [0.5, 0.6) is 0 Å². The summed E-state index contributed by atoms with van der Waals surface area (Å²) in [6.45, 7) is 6.08. The number of rotatable bonds is 5. The smallest absolute Gasteiger partial charge is 0.137 e. The third kappa shape index (κ3) is 3.14. The number of H-pyrrole nitrogens is 2. The lowest BCUT2D eigenvalue weighted by Crippen LogP contribution is -1.97. The van der Waals surface area contributed by atoms with E-state index in [1.54, 1.807) is 6.20 Å². The first-order valence-electron chi connectivity index (χ1n) is 9.54. The number of nitrogens with one attached hydrogen (secondary N) is 3. The topological polar surface area (TPSA) is 82.3 Å². The second kappa shape index (κ2) is 6.91. The third-order valence-electron chi connectivity index (χ3n) is 5.03. The number of pyridine rings is 2. The summed E-state index contributed by atoms with van der Waals surface area (Å²) in [6.07, 6.45) is 6.33. The van der Waals surface area contributed by atoms with Crippen LogP contribution in [0, 0.1) is 0 Å². The van der Waals surface area contributed by atoms with E-state index < -0.39 is 0 Å². The van der Waals surface area contributed by atoms with Gasteiger partial charge in [0.05, 0.1) is 23.1 Å². The minimum Gasteiger partial charge on any atom is -0.358 e. The fourth-order valence-electron chi connectivity index (χ4n) is 3.44. The molecule has 0 radical (unpaired) electrons. The molecule has 1 aromatic carbocycles. The van der Waals surface area contributed by atoms with Crippen molar-refractivity contribution in [1.82, 2.24) is 25.1 Å². The highest BCUT2D eigenvalue weighted by Crippen LogP contribution is 2.32. The van der Waals surface area contributed by atoms with Crippen LogP contribution < -0.4 is 5.32 Å². The standard InChI is InChI=1S/C23H20N6/c1-3-14(2)26-18-9-17(12-24-13-18)15-6-7-20-19(10-15)22(29-28-20)21-11-16-5-4-8-25-23(16)27-21/h4-13,26H,2-3H2,1H3,(H,25,27)(H,28,29). The van der Waals surface area contributed by atoms with E-state index in [1.165, 1.54) is 0 Å². The molecule has 0 aliphatic heterocycles. The van der Waals surface area contributed by atoms with E-state index >= 15 is 0 Å². The molecule has 5 rings (SSSR count). The minimum absolute atomic E-state index is 0.855. The van der Waals surface area contributed by atoms with Crippen LogP contribution in [0.1, 0.15) is 13.3 Å². The SMILES string of the molecule is C=C(CC)Nc1cncc(-c2ccc3[nH]nc(-c4cc5cccnc5[nH]4)c3c2)c1. The summed E-state index contributed by atoms with van der Waals surface area (Å²) < 4.78 is 0. The van der Waals surface area contributed by atoms with Crippen LogP contribution in [-0.2, 0) is 0 Å². The number of nitrogens with zero attached hydrogens (tertiary/aromatic N) is 3. The Morgan fingerprint density at radius 3 is 2.90 bits per heavy atom. The Morgan fingerprint density at radius 2 is 2.03 bits per heavy atom. The summed E-state index contributed by atoms with van der Waals surface area (Å²) in [5, 5.41) is 13.1. The summed E-state index contributed by atoms with van der Waals surface area (Å²) in [6, 6.07) is 14.4. The van der Waals surface area contributed by atoms with Crippen molar-refractivity contribution in [3.63, 3.8) is 0 Å². The van der Waals surface area contributed by atoms with E-state index in [4.69, 9.17) is 0 Å². The summed E-state index contributed by atoms with van der Waals surface area (Å²) >= 11 is 0. The molecule has 0 aliphatic rings. The first kappa shape index (κ1) is 17.2. The third-order valence-corrected chi connectivity index (χ3v) is 5.03. The molecule has 0 fully saturated rings. The molecule has 142 valence electrons. The van der Waals surface area contributed by atoms with Crippen molar-refractivity contribution >= 4 is 27.6 Å². The van der Waals surface area contributed by atoms with Crippen molar-refractivity contribution in [2.75, 3.05) is 5.32 Å². The van der Waals surface area contributed by atoms with E-state index in [0.717, 1.165) is 62.3 Å². The molecule has 0 unspecified atom stereocenters. The average Bonchev–Trinajstić information content (AvgIpc) is 3.37. The van der Waals surface area contributed by atoms with Gasteiger partial charge in [0.1, 0.15) is 11.3 Å². The molecule has 4 aromatic heterocycles. The van der Waals surface area contributed by atoms with Crippen LogP contribution in [-0.4, -0.2) is 25.1 Å². The Morgan fingerprint density at radius 1 is 1.10 bits per heavy atom. The van der Waals surface area contributed by atoms with E-state index in [1.807, 2.05) is 30.6 Å². The van der Waals surface area contributed by atoms with Crippen LogP contribution >= 0.6 is 0 Å². The number of benzene rings is 1. The second-order valence-electron chi connectivity index (χ2n) is 7.00. The highest BCUT2D eigenvalue weighted by Gasteiger charge is 2.13. The summed E-state index contributed by atoms with van der Waals surface area (Å²) in [5.74, 6) is 0. The van der Waals surface area contributed by atoms with Gasteiger partial charge in [-0.25, -0.2) is 4.98 Å². The summed E-state index contributed by atoms with van der Waals surface area (Å²) in [5.41, 5.74) is 7.66. The Balaban J connectivity index is 1.58. The Kier molecular flexibility index (Phi) is 4.09. The van der Waals surface area contributed by atoms with Gasteiger partial charge in [-0.05, 0) is 48.4 Å². The van der Waals surface area contributed by atoms with Crippen molar-refractivity contribution in [2.24, 2.45) is 0 Å². The molecular weight excluding hydrogens is 360 g/mol. The van der Waals surface area contributed by atoms with Gasteiger partial charge in [0, 0.05) is 34.4 Å². The maximum absolute atomic E-state index is 4.54. The number of hydrogen-bond acceptors (Lipinski definition) is 4. The molecule has 4 heterocycles. The molecule has 0 saturated heterocycles. The highest BCUT2D eigenvalue weighted by atomic mass is 15.1. The van der Waals surface area contributed by atoms with Gasteiger partial charge >= 0.3 is 0 Å². The van der Waals surface area contributed by atoms with E-state index in [-0.39, 0.29) is 0 Å². The number of allylic oxidation sites excluding steroid dienone is 1. The van der Waals surface area contributed by atoms with Crippen LogP contribution in [0.15, 0.2) is 73.3 Å². The van der Waals surface area contributed by atoms with Crippen LogP contribution in [0.25, 0.3) is 44.5 Å². The van der Waals surface area contributed by atoms with Gasteiger partial charge in [0.25, 0.3) is 0 Å². The van der Waals surface area contributed by atoms with Crippen LogP contribution in [0.2, 0.25) is 0 Å². The summed E-state index contributed by atoms with van der Waals surface area (Å²) in [4.78, 5) is 12.1. The molecule has 0 bridgehead atoms. The number of fused-ring (bicyclic) bond motifs is 2. The maximum atomic E-state index is 4.54. The average molecular weight is 380 g/mol. The zero-order chi connectivity index (χ0) is 19.8. The number of hydrogen-bond donors (Lipinski definition) is 3. The molecule has 0 amide bonds. The van der Waals surface area contributed by atoms with Crippen LogP contribution in [0.4, 0.5) is 5.69 Å². The number of aromatic amines is 2. The predicted octanol–water partition coefficient (Wildman–Crippen LogP) is 5.50. The monoisotopic (exact) mass is 380 g/mol. The number of aromatic nitrogens is 5. The molecule has 6 heteroatoms. The molecule has 6 nitrogen and oxygen atoms in total. The second-order valence-corrected chi connectivity index (χ2v) is 7.00. The van der Waals surface area contributed by atoms with Crippen LogP contribution in [0.3, 0.4) is 0 Å². The lowest BCUT2D eigenvalue weighted by molar-refractivity contribution is 1.11. The van der Waals surface area contributed by atoms with Gasteiger partial charge < -0.3 is 10.3 Å². The van der Waals surface area contributed by atoms with Gasteiger partial charge in [-0.3, -0.25) is 10.1 Å². The first-order valence-corrected chi connectivity index (χ1v) is 9.54. The normalized spacial score (nSPS) is 11.2. The Hall–Kier alpha value is -3.93. The van der Waals surface area contributed by atoms with Crippen molar-refractivity contribution < 1.29 is 0 Å². The van der Waals surface area contributed by atoms with Gasteiger partial charge in [0.2, 0.25) is 0 Å². The zero-order valence-corrected chi connectivity index (χ0v) is 16.0. The highest BCUT2D eigenvalue weighted by molar-refractivity contribution is 5.97. The minimum atomic E-state index is 0.855. The fourth-order valence-corrected chi connectivity index (χ4v) is 3.44. The fraction of sp³-hybridized carbons (Fsp3) is 0.0870. The predicted molar refractivity (Wildman–Crippen MR) is 117 cm³/mol. The maximum Gasteiger partial charge on any atom is 0.137 e. The van der Waals surface area contributed by atoms with E-state index in [2.05, 4.69) is 68.2 Å². The molecule has 0 atom stereocenters. The molecular formula is C23H20N6. The summed E-state index contributed by atoms with van der Waals surface area (Å²) in [7, 11) is 0. The van der Waals surface area contributed by atoms with Gasteiger partial charge in [-0.15, -0.1) is 0 Å². The van der Waals surface area contributed by atoms with Gasteiger partial charge in [0.15, 0.2) is 0 Å². The molecule has 0 saturated carbocycles. The Bertz CT molecular complexity index is 1310. The van der Waals surface area contributed by atoms with Crippen molar-refractivity contribution in [1.29, 1.82) is 0 Å². The number of anilines is 1.